The molecule has 1 heterocycles. The topological polar surface area (TPSA) is 29.5 Å². The van der Waals surface area contributed by atoms with Gasteiger partial charge in [-0.3, -0.25) is 0 Å². The fourth-order valence-corrected chi connectivity index (χ4v) is 2.79. The Bertz CT molecular complexity index is 189. The number of alkyl halides is 2. The number of nitrogens with zero attached hydrogens (tertiary/aromatic N) is 1. The van der Waals surface area contributed by atoms with E-state index in [9.17, 15) is 4.79 Å². The summed E-state index contributed by atoms with van der Waals surface area (Å²) in [5.41, 5.74) is 0. The molecule has 1 saturated heterocycles. The normalized spacial score (nSPS) is 24.5. The number of likely N-dealkylation sites (tertiary alicyclic amines) is 1. The van der Waals surface area contributed by atoms with Crippen molar-refractivity contribution in [1.82, 2.24) is 4.90 Å². The molecule has 13 heavy (non-hydrogen) atoms. The smallest absolute Gasteiger partial charge is 0.410 e. The van der Waals surface area contributed by atoms with Gasteiger partial charge in [0.2, 0.25) is 0 Å². The molecule has 2 unspecified atom stereocenters. The summed E-state index contributed by atoms with van der Waals surface area (Å²) in [5, 5.41) is 0. The molecule has 1 amide bonds. The zero-order valence-corrected chi connectivity index (χ0v) is 11.2. The highest BCUT2D eigenvalue weighted by molar-refractivity contribution is 14.1. The molecule has 0 radical (unpaired) electrons. The van der Waals surface area contributed by atoms with E-state index in [1.807, 2.05) is 11.8 Å². The third kappa shape index (κ3) is 2.97. The summed E-state index contributed by atoms with van der Waals surface area (Å²) in [6.07, 6.45) is 1.97. The standard InChI is InChI=1S/C8H13BrINO2/c1-2-13-8(12)11-5-3-4-6(11)7(9)10/h6-7H,2-5H2,1H3. The third-order valence-electron chi connectivity index (χ3n) is 2.09. The molecule has 2 atom stereocenters. The van der Waals surface area contributed by atoms with Gasteiger partial charge < -0.3 is 9.64 Å². The molecule has 0 saturated carbocycles. The van der Waals surface area contributed by atoms with E-state index in [-0.39, 0.29) is 6.09 Å². The molecule has 76 valence electrons. The number of halogens is 2. The largest absolute Gasteiger partial charge is 0.450 e. The van der Waals surface area contributed by atoms with E-state index in [4.69, 9.17) is 4.74 Å². The van der Waals surface area contributed by atoms with Crippen LogP contribution >= 0.6 is 38.5 Å². The van der Waals surface area contributed by atoms with E-state index in [0.29, 0.717) is 15.5 Å². The van der Waals surface area contributed by atoms with Crippen molar-refractivity contribution in [1.29, 1.82) is 0 Å². The highest BCUT2D eigenvalue weighted by atomic mass is 127. The summed E-state index contributed by atoms with van der Waals surface area (Å²) in [6, 6.07) is 0.291. The molecular weight excluding hydrogens is 349 g/mol. The van der Waals surface area contributed by atoms with E-state index in [1.54, 1.807) is 0 Å². The first kappa shape index (κ1) is 11.6. The van der Waals surface area contributed by atoms with Crippen LogP contribution in [0.4, 0.5) is 4.79 Å². The van der Waals surface area contributed by atoms with Crippen LogP contribution in [-0.2, 0) is 4.74 Å². The number of carbonyl (C=O) groups is 1. The molecule has 3 nitrogen and oxygen atoms in total. The van der Waals surface area contributed by atoms with E-state index in [0.717, 1.165) is 19.4 Å². The lowest BCUT2D eigenvalue weighted by atomic mass is 10.2. The molecular formula is C8H13BrINO2. The first-order chi connectivity index (χ1) is 6.16. The molecule has 1 rings (SSSR count). The van der Waals surface area contributed by atoms with Gasteiger partial charge in [-0.25, -0.2) is 4.79 Å². The Hall–Kier alpha value is 0.480. The van der Waals surface area contributed by atoms with Crippen molar-refractivity contribution in [3.05, 3.63) is 0 Å². The summed E-state index contributed by atoms with van der Waals surface area (Å²) in [4.78, 5) is 13.3. The van der Waals surface area contributed by atoms with Gasteiger partial charge >= 0.3 is 6.09 Å². The van der Waals surface area contributed by atoms with Gasteiger partial charge in [-0.2, -0.15) is 0 Å². The van der Waals surface area contributed by atoms with Crippen LogP contribution in [0.5, 0.6) is 0 Å². The molecule has 0 aliphatic carbocycles. The summed E-state index contributed by atoms with van der Waals surface area (Å²) in [6.45, 7) is 3.11. The Morgan fingerprint density at radius 1 is 1.85 bits per heavy atom. The Kier molecular flexibility index (Phi) is 4.78. The van der Waals surface area contributed by atoms with Gasteiger partial charge in [0.25, 0.3) is 0 Å². The maximum Gasteiger partial charge on any atom is 0.410 e. The van der Waals surface area contributed by atoms with Crippen LogP contribution < -0.4 is 0 Å². The number of ether oxygens (including phenoxy) is 1. The lowest BCUT2D eigenvalue weighted by Gasteiger charge is -2.24. The highest BCUT2D eigenvalue weighted by Gasteiger charge is 2.33. The van der Waals surface area contributed by atoms with Gasteiger partial charge in [0.1, 0.15) is 0 Å². The van der Waals surface area contributed by atoms with Crippen LogP contribution in [0.15, 0.2) is 0 Å². The van der Waals surface area contributed by atoms with Gasteiger partial charge in [-0.1, -0.05) is 38.5 Å². The minimum Gasteiger partial charge on any atom is -0.450 e. The maximum atomic E-state index is 11.4. The third-order valence-corrected chi connectivity index (χ3v) is 3.53. The second kappa shape index (κ2) is 5.38. The minimum absolute atomic E-state index is 0.175. The van der Waals surface area contributed by atoms with Crippen LogP contribution in [0.2, 0.25) is 0 Å². The quantitative estimate of drug-likeness (QED) is 0.559. The van der Waals surface area contributed by atoms with Crippen molar-refractivity contribution in [2.75, 3.05) is 13.2 Å². The van der Waals surface area contributed by atoms with Gasteiger partial charge in [0.05, 0.1) is 15.5 Å². The zero-order chi connectivity index (χ0) is 9.84. The molecule has 5 heteroatoms. The van der Waals surface area contributed by atoms with Gasteiger partial charge in [-0.05, 0) is 19.8 Å². The Labute approximate surface area is 100 Å². The van der Waals surface area contributed by atoms with E-state index < -0.39 is 0 Å². The first-order valence-electron chi connectivity index (χ1n) is 4.38. The first-order valence-corrected chi connectivity index (χ1v) is 6.54. The molecule has 1 aliphatic rings. The zero-order valence-electron chi connectivity index (χ0n) is 7.50. The van der Waals surface area contributed by atoms with Gasteiger partial charge in [0.15, 0.2) is 0 Å². The number of hydrogen-bond acceptors (Lipinski definition) is 2. The monoisotopic (exact) mass is 361 g/mol. The molecule has 1 fully saturated rings. The van der Waals surface area contributed by atoms with Crippen LogP contribution in [-0.4, -0.2) is 33.0 Å². The molecule has 0 bridgehead atoms. The predicted molar refractivity (Wildman–Crippen MR) is 63.5 cm³/mol. The second-order valence-corrected chi connectivity index (χ2v) is 6.98. The van der Waals surface area contributed by atoms with E-state index in [1.165, 1.54) is 0 Å². The average molecular weight is 362 g/mol. The van der Waals surface area contributed by atoms with Crippen LogP contribution in [0, 0.1) is 0 Å². The SMILES string of the molecule is CCOC(=O)N1CCCC1C(Br)I. The second-order valence-electron chi connectivity index (χ2n) is 2.94. The van der Waals surface area contributed by atoms with Crippen molar-refractivity contribution in [2.24, 2.45) is 0 Å². The maximum absolute atomic E-state index is 11.4. The van der Waals surface area contributed by atoms with E-state index in [2.05, 4.69) is 38.5 Å². The molecule has 0 aromatic carbocycles. The fraction of sp³-hybridized carbons (Fsp3) is 0.875. The molecule has 0 spiro atoms. The molecule has 0 aromatic heterocycles. The van der Waals surface area contributed by atoms with Crippen LogP contribution in [0.25, 0.3) is 0 Å². The lowest BCUT2D eigenvalue weighted by Crippen LogP contribution is -2.39. The Balaban J connectivity index is 2.52. The fourth-order valence-electron chi connectivity index (χ4n) is 1.49. The molecule has 0 N–H and O–H groups in total. The van der Waals surface area contributed by atoms with Crippen molar-refractivity contribution >= 4 is 44.6 Å². The lowest BCUT2D eigenvalue weighted by molar-refractivity contribution is 0.105. The minimum atomic E-state index is -0.175. The summed E-state index contributed by atoms with van der Waals surface area (Å²) >= 11 is 5.79. The van der Waals surface area contributed by atoms with Crippen LogP contribution in [0.3, 0.4) is 0 Å². The summed E-state index contributed by atoms with van der Waals surface area (Å²) in [5.74, 6) is 0. The van der Waals surface area contributed by atoms with Crippen LogP contribution in [0.1, 0.15) is 19.8 Å². The summed E-state index contributed by atoms with van der Waals surface area (Å²) < 4.78 is 5.29. The van der Waals surface area contributed by atoms with Gasteiger partial charge in [-0.15, -0.1) is 0 Å². The van der Waals surface area contributed by atoms with Crippen molar-refractivity contribution in [2.45, 2.75) is 28.6 Å². The highest BCUT2D eigenvalue weighted by Crippen LogP contribution is 2.28. The number of rotatable bonds is 2. The Morgan fingerprint density at radius 3 is 3.08 bits per heavy atom. The molecule has 1 aliphatic heterocycles. The van der Waals surface area contributed by atoms with Crippen molar-refractivity contribution in [3.63, 3.8) is 0 Å². The summed E-state index contributed by atoms with van der Waals surface area (Å²) in [7, 11) is 0. The number of hydrogen-bond donors (Lipinski definition) is 0. The predicted octanol–water partition coefficient (Wildman–Crippen LogP) is 2.76. The van der Waals surface area contributed by atoms with Crippen molar-refractivity contribution < 1.29 is 9.53 Å². The Morgan fingerprint density at radius 2 is 2.54 bits per heavy atom. The van der Waals surface area contributed by atoms with Crippen molar-refractivity contribution in [3.8, 4) is 0 Å². The number of amides is 1. The van der Waals surface area contributed by atoms with Gasteiger partial charge in [0, 0.05) is 6.54 Å². The number of carbonyl (C=O) groups excluding carboxylic acids is 1. The molecule has 0 aromatic rings. The average Bonchev–Trinajstić information content (AvgIpc) is 2.52. The van der Waals surface area contributed by atoms with E-state index >= 15 is 0 Å².